The van der Waals surface area contributed by atoms with Gasteiger partial charge in [0.25, 0.3) is 5.91 Å². The fraction of sp³-hybridized carbons (Fsp3) is 0.261. The van der Waals surface area contributed by atoms with Gasteiger partial charge in [0, 0.05) is 16.7 Å². The molecular weight excluding hydrogens is 402 g/mol. The molecule has 3 aromatic rings. The summed E-state index contributed by atoms with van der Waals surface area (Å²) in [5, 5.41) is 5.11. The van der Waals surface area contributed by atoms with Crippen LogP contribution in [0, 0.1) is 0 Å². The number of amides is 1. The van der Waals surface area contributed by atoms with Crippen LogP contribution < -0.4 is 5.32 Å². The first kappa shape index (κ1) is 19.9. The first-order valence-corrected chi connectivity index (χ1v) is 12.4. The molecule has 1 atom stereocenters. The van der Waals surface area contributed by atoms with Gasteiger partial charge in [-0.3, -0.25) is 4.79 Å². The first-order chi connectivity index (χ1) is 13.9. The number of aryl methyl sites for hydroxylation is 2. The molecule has 2 aromatic carbocycles. The van der Waals surface area contributed by atoms with E-state index in [0.29, 0.717) is 5.56 Å². The molecule has 4 nitrogen and oxygen atoms in total. The molecule has 1 aliphatic carbocycles. The van der Waals surface area contributed by atoms with Gasteiger partial charge < -0.3 is 5.32 Å². The van der Waals surface area contributed by atoms with Crippen LogP contribution in [-0.4, -0.2) is 20.6 Å². The van der Waals surface area contributed by atoms with Gasteiger partial charge >= 0.3 is 0 Å². The van der Waals surface area contributed by atoms with Crippen molar-refractivity contribution in [3.05, 3.63) is 87.1 Å². The van der Waals surface area contributed by atoms with E-state index in [4.69, 9.17) is 0 Å². The quantitative estimate of drug-likeness (QED) is 0.652. The van der Waals surface area contributed by atoms with Crippen LogP contribution in [0.3, 0.4) is 0 Å². The third-order valence-corrected chi connectivity index (χ3v) is 7.38. The Labute approximate surface area is 175 Å². The standard InChI is InChI=1S/C23H23NO3S2/c1-29(26,27)20-9-4-8-19(15-20)23(25)24-22(21-10-5-13-28-21)18-12-11-16-6-2-3-7-17(16)14-18/h4-5,8-15,22H,2-3,6-7H2,1H3,(H,24,25)/t22-/m1/s1. The van der Waals surface area contributed by atoms with E-state index >= 15 is 0 Å². The topological polar surface area (TPSA) is 63.2 Å². The predicted molar refractivity (Wildman–Crippen MR) is 116 cm³/mol. The van der Waals surface area contributed by atoms with Gasteiger partial charge in [-0.1, -0.05) is 30.3 Å². The number of rotatable bonds is 5. The third-order valence-electron chi connectivity index (χ3n) is 5.33. The van der Waals surface area contributed by atoms with Gasteiger partial charge in [-0.25, -0.2) is 8.42 Å². The van der Waals surface area contributed by atoms with Gasteiger partial charge in [0.2, 0.25) is 0 Å². The Morgan fingerprint density at radius 1 is 1.00 bits per heavy atom. The van der Waals surface area contributed by atoms with Crippen LogP contribution in [0.5, 0.6) is 0 Å². The van der Waals surface area contributed by atoms with Gasteiger partial charge in [0.05, 0.1) is 10.9 Å². The number of hydrogen-bond acceptors (Lipinski definition) is 4. The second-order valence-electron chi connectivity index (χ2n) is 7.46. The minimum Gasteiger partial charge on any atom is -0.340 e. The molecule has 29 heavy (non-hydrogen) atoms. The van der Waals surface area contributed by atoms with Crippen LogP contribution in [0.15, 0.2) is 64.9 Å². The normalized spacial score (nSPS) is 14.8. The monoisotopic (exact) mass is 425 g/mol. The Hall–Kier alpha value is -2.44. The molecule has 150 valence electrons. The molecule has 0 bridgehead atoms. The minimum atomic E-state index is -3.37. The van der Waals surface area contributed by atoms with Crippen molar-refractivity contribution in [1.29, 1.82) is 0 Å². The summed E-state index contributed by atoms with van der Waals surface area (Å²) in [5.74, 6) is -0.286. The maximum absolute atomic E-state index is 13.0. The van der Waals surface area contributed by atoms with Crippen molar-refractivity contribution in [2.75, 3.05) is 6.26 Å². The number of benzene rings is 2. The second kappa shape index (κ2) is 8.13. The van der Waals surface area contributed by atoms with E-state index in [2.05, 4.69) is 23.5 Å². The van der Waals surface area contributed by atoms with Gasteiger partial charge in [-0.2, -0.15) is 0 Å². The summed E-state index contributed by atoms with van der Waals surface area (Å²) in [7, 11) is -3.37. The molecular formula is C23H23NO3S2. The molecule has 0 saturated carbocycles. The van der Waals surface area contributed by atoms with Crippen LogP contribution in [0.25, 0.3) is 0 Å². The molecule has 1 aliphatic rings. The molecule has 1 aromatic heterocycles. The first-order valence-electron chi connectivity index (χ1n) is 9.68. The van der Waals surface area contributed by atoms with Crippen molar-refractivity contribution in [1.82, 2.24) is 5.32 Å². The summed E-state index contributed by atoms with van der Waals surface area (Å²) in [6, 6.07) is 16.4. The van der Waals surface area contributed by atoms with Crippen molar-refractivity contribution < 1.29 is 13.2 Å². The zero-order valence-corrected chi connectivity index (χ0v) is 17.9. The number of sulfone groups is 1. The Bertz CT molecular complexity index is 1130. The summed E-state index contributed by atoms with van der Waals surface area (Å²) in [5.41, 5.74) is 4.16. The zero-order valence-electron chi connectivity index (χ0n) is 16.2. The lowest BCUT2D eigenvalue weighted by Crippen LogP contribution is -2.29. The molecule has 6 heteroatoms. The van der Waals surface area contributed by atoms with E-state index in [-0.39, 0.29) is 16.8 Å². The fourth-order valence-corrected chi connectivity index (χ4v) is 5.26. The lowest BCUT2D eigenvalue weighted by Gasteiger charge is -2.22. The van der Waals surface area contributed by atoms with Gasteiger partial charge in [-0.15, -0.1) is 11.3 Å². The largest absolute Gasteiger partial charge is 0.340 e. The fourth-order valence-electron chi connectivity index (χ4n) is 3.79. The van der Waals surface area contributed by atoms with E-state index in [1.165, 1.54) is 36.1 Å². The summed E-state index contributed by atoms with van der Waals surface area (Å²) in [6.07, 6.45) is 5.76. The van der Waals surface area contributed by atoms with Gasteiger partial charge in [0.1, 0.15) is 0 Å². The van der Waals surface area contributed by atoms with E-state index in [9.17, 15) is 13.2 Å². The number of hydrogen-bond donors (Lipinski definition) is 1. The molecule has 0 saturated heterocycles. The van der Waals surface area contributed by atoms with Crippen molar-refractivity contribution in [2.45, 2.75) is 36.6 Å². The molecule has 0 fully saturated rings. The number of thiophene rings is 1. The van der Waals surface area contributed by atoms with Crippen molar-refractivity contribution >= 4 is 27.1 Å². The highest BCUT2D eigenvalue weighted by molar-refractivity contribution is 7.90. The van der Waals surface area contributed by atoms with Gasteiger partial charge in [0.15, 0.2) is 9.84 Å². The number of carbonyl (C=O) groups is 1. The Kier molecular flexibility index (Phi) is 5.56. The van der Waals surface area contributed by atoms with Crippen LogP contribution >= 0.6 is 11.3 Å². The van der Waals surface area contributed by atoms with Gasteiger partial charge in [-0.05, 0) is 72.0 Å². The lowest BCUT2D eigenvalue weighted by molar-refractivity contribution is 0.0943. The number of carbonyl (C=O) groups excluding carboxylic acids is 1. The molecule has 0 spiro atoms. The van der Waals surface area contributed by atoms with Crippen LogP contribution in [0.2, 0.25) is 0 Å². The van der Waals surface area contributed by atoms with E-state index in [1.54, 1.807) is 23.5 Å². The molecule has 0 radical (unpaired) electrons. The SMILES string of the molecule is CS(=O)(=O)c1cccc(C(=O)N[C@H](c2ccc3c(c2)CCCC3)c2cccs2)c1. The third kappa shape index (κ3) is 4.43. The van der Waals surface area contributed by atoms with Crippen LogP contribution in [0.4, 0.5) is 0 Å². The molecule has 0 unspecified atom stereocenters. The molecule has 1 N–H and O–H groups in total. The van der Waals surface area contributed by atoms with Crippen molar-refractivity contribution in [3.63, 3.8) is 0 Å². The minimum absolute atomic E-state index is 0.145. The highest BCUT2D eigenvalue weighted by atomic mass is 32.2. The second-order valence-corrected chi connectivity index (χ2v) is 10.5. The average molecular weight is 426 g/mol. The summed E-state index contributed by atoms with van der Waals surface area (Å²) >= 11 is 1.60. The summed E-state index contributed by atoms with van der Waals surface area (Å²) in [4.78, 5) is 14.2. The molecule has 0 aliphatic heterocycles. The highest BCUT2D eigenvalue weighted by Gasteiger charge is 2.21. The van der Waals surface area contributed by atoms with E-state index < -0.39 is 9.84 Å². The van der Waals surface area contributed by atoms with Crippen molar-refractivity contribution in [2.24, 2.45) is 0 Å². The smallest absolute Gasteiger partial charge is 0.252 e. The zero-order chi connectivity index (χ0) is 20.4. The number of nitrogens with one attached hydrogen (secondary N) is 1. The maximum atomic E-state index is 13.0. The molecule has 1 heterocycles. The highest BCUT2D eigenvalue weighted by Crippen LogP contribution is 2.30. The average Bonchev–Trinajstić information content (AvgIpc) is 3.25. The van der Waals surface area contributed by atoms with Crippen molar-refractivity contribution in [3.8, 4) is 0 Å². The number of fused-ring (bicyclic) bond motifs is 1. The Morgan fingerprint density at radius 2 is 1.79 bits per heavy atom. The molecule has 1 amide bonds. The summed E-state index contributed by atoms with van der Waals surface area (Å²) < 4.78 is 23.7. The van der Waals surface area contributed by atoms with Crippen LogP contribution in [-0.2, 0) is 22.7 Å². The maximum Gasteiger partial charge on any atom is 0.252 e. The van der Waals surface area contributed by atoms with Crippen LogP contribution in [0.1, 0.15) is 50.8 Å². The molecule has 4 rings (SSSR count). The lowest BCUT2D eigenvalue weighted by atomic mass is 9.89. The summed E-state index contributed by atoms with van der Waals surface area (Å²) in [6.45, 7) is 0. The van der Waals surface area contributed by atoms with E-state index in [0.717, 1.165) is 29.5 Å². The van der Waals surface area contributed by atoms with E-state index in [1.807, 2.05) is 17.5 Å². The Morgan fingerprint density at radius 3 is 2.52 bits per heavy atom. The predicted octanol–water partition coefficient (Wildman–Crippen LogP) is 4.55. The Balaban J connectivity index is 1.66.